The molecule has 0 bridgehead atoms. The van der Waals surface area contributed by atoms with Gasteiger partial charge < -0.3 is 14.8 Å². The van der Waals surface area contributed by atoms with Gasteiger partial charge in [-0.3, -0.25) is 14.9 Å². The molecule has 0 aromatic heterocycles. The average Bonchev–Trinajstić information content (AvgIpc) is 2.12. The minimum absolute atomic E-state index is 0.120. The van der Waals surface area contributed by atoms with Gasteiger partial charge >= 0.3 is 5.70 Å². The zero-order chi connectivity index (χ0) is 10.3. The number of hydrogen-bond acceptors (Lipinski definition) is 6. The van der Waals surface area contributed by atoms with Gasteiger partial charge in [-0.25, -0.2) is 0 Å². The molecule has 0 atom stereocenters. The predicted molar refractivity (Wildman–Crippen MR) is 42.1 cm³/mol. The van der Waals surface area contributed by atoms with Crippen LogP contribution in [0.4, 0.5) is 0 Å². The first-order valence-corrected chi connectivity index (χ1v) is 3.27. The Morgan fingerprint density at radius 3 is 2.38 bits per heavy atom. The molecule has 0 rings (SSSR count). The summed E-state index contributed by atoms with van der Waals surface area (Å²) in [4.78, 5) is 19.4. The van der Waals surface area contributed by atoms with Gasteiger partial charge in [-0.15, -0.1) is 0 Å². The molecule has 0 radical (unpaired) electrons. The maximum absolute atomic E-state index is 10.1. The number of rotatable bonds is 6. The van der Waals surface area contributed by atoms with Crippen LogP contribution in [0.1, 0.15) is 0 Å². The number of aldehydes is 1. The number of allylic oxidation sites excluding steroid dienone is 1. The molecule has 13 heavy (non-hydrogen) atoms. The lowest BCUT2D eigenvalue weighted by molar-refractivity contribution is -0.417. The lowest BCUT2D eigenvalue weighted by atomic mass is 10.5. The number of carbonyl (C=O) groups is 1. The van der Waals surface area contributed by atoms with Gasteiger partial charge in [-0.1, -0.05) is 0 Å². The van der Waals surface area contributed by atoms with E-state index in [4.69, 9.17) is 0 Å². The Morgan fingerprint density at radius 2 is 2.08 bits per heavy atom. The van der Waals surface area contributed by atoms with Crippen LogP contribution in [0.3, 0.4) is 0 Å². The molecule has 0 unspecified atom stereocenters. The zero-order valence-corrected chi connectivity index (χ0v) is 7.22. The number of ether oxygens (including phenoxy) is 2. The molecule has 74 valence electrons. The van der Waals surface area contributed by atoms with E-state index >= 15 is 0 Å². The van der Waals surface area contributed by atoms with E-state index in [0.29, 0.717) is 0 Å². The highest BCUT2D eigenvalue weighted by Gasteiger charge is 2.09. The number of hydrogen-bond donors (Lipinski definition) is 1. The summed E-state index contributed by atoms with van der Waals surface area (Å²) in [6.45, 7) is 0. The number of nitrogens with one attached hydrogen (secondary N) is 1. The lowest BCUT2D eigenvalue weighted by Crippen LogP contribution is -2.29. The van der Waals surface area contributed by atoms with Crippen molar-refractivity contribution in [3.8, 4) is 0 Å². The number of nitro groups is 1. The van der Waals surface area contributed by atoms with Crippen molar-refractivity contribution in [2.45, 2.75) is 6.41 Å². The first kappa shape index (κ1) is 11.5. The molecular formula is C6H10N2O5. The molecule has 7 nitrogen and oxygen atoms in total. The van der Waals surface area contributed by atoms with E-state index in [0.717, 1.165) is 6.20 Å². The maximum Gasteiger partial charge on any atom is 0.324 e. The Labute approximate surface area is 74.5 Å². The molecule has 0 aliphatic rings. The second kappa shape index (κ2) is 6.09. The van der Waals surface area contributed by atoms with Crippen molar-refractivity contribution in [2.75, 3.05) is 14.2 Å². The molecular weight excluding hydrogens is 180 g/mol. The third-order valence-electron chi connectivity index (χ3n) is 1.13. The largest absolute Gasteiger partial charge is 0.339 e. The maximum atomic E-state index is 10.1. The van der Waals surface area contributed by atoms with Gasteiger partial charge in [0, 0.05) is 14.2 Å². The summed E-state index contributed by atoms with van der Waals surface area (Å²) in [5, 5.41) is 12.5. The van der Waals surface area contributed by atoms with Crippen LogP contribution in [0.5, 0.6) is 0 Å². The first-order valence-electron chi connectivity index (χ1n) is 3.27. The summed E-state index contributed by atoms with van der Waals surface area (Å²) < 4.78 is 9.32. The van der Waals surface area contributed by atoms with Crippen LogP contribution in [-0.4, -0.2) is 31.8 Å². The third kappa shape index (κ3) is 4.19. The van der Waals surface area contributed by atoms with E-state index in [9.17, 15) is 14.9 Å². The third-order valence-corrected chi connectivity index (χ3v) is 1.13. The van der Waals surface area contributed by atoms with Crippen LogP contribution < -0.4 is 5.32 Å². The van der Waals surface area contributed by atoms with Crippen molar-refractivity contribution in [3.63, 3.8) is 0 Å². The molecule has 0 aliphatic heterocycles. The Kier molecular flexibility index (Phi) is 5.40. The Hall–Kier alpha value is -1.47. The Bertz CT molecular complexity index is 211. The zero-order valence-electron chi connectivity index (χ0n) is 7.22. The van der Waals surface area contributed by atoms with E-state index in [2.05, 4.69) is 14.8 Å². The topological polar surface area (TPSA) is 90.7 Å². The summed E-state index contributed by atoms with van der Waals surface area (Å²) in [7, 11) is 2.70. The Morgan fingerprint density at radius 1 is 1.54 bits per heavy atom. The van der Waals surface area contributed by atoms with Gasteiger partial charge in [0.1, 0.15) is 0 Å². The minimum Gasteiger partial charge on any atom is -0.339 e. The van der Waals surface area contributed by atoms with Crippen molar-refractivity contribution in [1.82, 2.24) is 5.32 Å². The molecule has 0 saturated heterocycles. The molecule has 0 spiro atoms. The quantitative estimate of drug-likeness (QED) is 0.199. The van der Waals surface area contributed by atoms with Gasteiger partial charge in [0.2, 0.25) is 12.7 Å². The van der Waals surface area contributed by atoms with Crippen molar-refractivity contribution in [2.24, 2.45) is 0 Å². The molecule has 1 N–H and O–H groups in total. The molecule has 0 aromatic carbocycles. The fourth-order valence-electron chi connectivity index (χ4n) is 0.515. The summed E-state index contributed by atoms with van der Waals surface area (Å²) >= 11 is 0. The number of carbonyl (C=O) groups excluding carboxylic acids is 1. The molecule has 0 aliphatic carbocycles. The van der Waals surface area contributed by atoms with E-state index in [1.807, 2.05) is 0 Å². The highest BCUT2D eigenvalue weighted by molar-refractivity contribution is 5.69. The van der Waals surface area contributed by atoms with E-state index in [1.54, 1.807) is 0 Å². The van der Waals surface area contributed by atoms with Crippen LogP contribution in [0.2, 0.25) is 0 Å². The van der Waals surface area contributed by atoms with Crippen molar-refractivity contribution in [3.05, 3.63) is 22.0 Å². The number of nitrogens with zero attached hydrogens (tertiary/aromatic N) is 1. The fraction of sp³-hybridized carbons (Fsp3) is 0.500. The molecule has 0 heterocycles. The molecule has 0 fully saturated rings. The smallest absolute Gasteiger partial charge is 0.324 e. The van der Waals surface area contributed by atoms with E-state index in [1.165, 1.54) is 14.2 Å². The second-order valence-corrected chi connectivity index (χ2v) is 1.91. The first-order chi connectivity index (χ1) is 6.15. The molecule has 0 saturated carbocycles. The average molecular weight is 190 g/mol. The SMILES string of the molecule is COC(N/C=C(/C=O)[N+](=O)[O-])OC. The van der Waals surface area contributed by atoms with Crippen LogP contribution in [0, 0.1) is 10.1 Å². The highest BCUT2D eigenvalue weighted by Crippen LogP contribution is 1.90. The van der Waals surface area contributed by atoms with Crippen molar-refractivity contribution < 1.29 is 19.2 Å². The molecule has 0 amide bonds. The highest BCUT2D eigenvalue weighted by atomic mass is 16.7. The number of methoxy groups -OCH3 is 2. The van der Waals surface area contributed by atoms with E-state index < -0.39 is 17.0 Å². The Balaban J connectivity index is 4.20. The lowest BCUT2D eigenvalue weighted by Gasteiger charge is -2.11. The van der Waals surface area contributed by atoms with Crippen LogP contribution in [-0.2, 0) is 14.3 Å². The van der Waals surface area contributed by atoms with Gasteiger partial charge in [0.25, 0.3) is 0 Å². The van der Waals surface area contributed by atoms with E-state index in [-0.39, 0.29) is 6.29 Å². The monoisotopic (exact) mass is 190 g/mol. The summed E-state index contributed by atoms with van der Waals surface area (Å²) in [6.07, 6.45) is 0.218. The minimum atomic E-state index is -0.817. The van der Waals surface area contributed by atoms with Crippen molar-refractivity contribution >= 4 is 6.29 Å². The van der Waals surface area contributed by atoms with Crippen molar-refractivity contribution in [1.29, 1.82) is 0 Å². The fourth-order valence-corrected chi connectivity index (χ4v) is 0.515. The van der Waals surface area contributed by atoms with Gasteiger partial charge in [-0.05, 0) is 0 Å². The van der Waals surface area contributed by atoms with Gasteiger partial charge in [0.15, 0.2) is 0 Å². The molecule has 0 aromatic rings. The summed E-state index contributed by atoms with van der Waals surface area (Å²) in [5.41, 5.74) is -0.598. The summed E-state index contributed by atoms with van der Waals surface area (Å²) in [5.74, 6) is 0. The van der Waals surface area contributed by atoms with Gasteiger partial charge in [0.05, 0.1) is 11.1 Å². The molecule has 7 heteroatoms. The normalized spacial score (nSPS) is 11.5. The predicted octanol–water partition coefficient (Wildman–Crippen LogP) is -0.531. The summed E-state index contributed by atoms with van der Waals surface area (Å²) in [6, 6.07) is 0. The van der Waals surface area contributed by atoms with Gasteiger partial charge in [-0.2, -0.15) is 0 Å². The second-order valence-electron chi connectivity index (χ2n) is 1.91. The standard InChI is InChI=1S/C6H10N2O5/c1-12-6(13-2)7-3-5(4-9)8(10)11/h3-4,6-7H,1-2H3/b5-3-. The van der Waals surface area contributed by atoms with Crippen LogP contribution >= 0.6 is 0 Å². The van der Waals surface area contributed by atoms with Crippen LogP contribution in [0.25, 0.3) is 0 Å². The van der Waals surface area contributed by atoms with Crippen LogP contribution in [0.15, 0.2) is 11.9 Å².